The highest BCUT2D eigenvalue weighted by molar-refractivity contribution is 5.76. The van der Waals surface area contributed by atoms with Crippen LogP contribution in [0.5, 0.6) is 0 Å². The van der Waals surface area contributed by atoms with Crippen LogP contribution in [0.4, 0.5) is 0 Å². The molecule has 0 aliphatic carbocycles. The smallest absolute Gasteiger partial charge is 0.305 e. The highest BCUT2D eigenvalue weighted by atomic mass is 16.5. The van der Waals surface area contributed by atoms with E-state index in [0.717, 1.165) is 57.8 Å². The topological polar surface area (TPSA) is 95.9 Å². The minimum atomic E-state index is -0.666. The SMILES string of the molecule is CCCCC/C=C\C/C=C\CCCCCCCCCC(=O)OCCCCCCCCCCC/C=C\C/C=C\CCCCCCCCCCCCCCCCCC(=O)NC(CO)C(O)CCCCCCCCCCCCCCCCCCCCCCCCCC. The van der Waals surface area contributed by atoms with Crippen molar-refractivity contribution in [3.63, 3.8) is 0 Å². The summed E-state index contributed by atoms with van der Waals surface area (Å²) in [6, 6.07) is -0.543. The predicted molar refractivity (Wildman–Crippen MR) is 393 cm³/mol. The van der Waals surface area contributed by atoms with Gasteiger partial charge in [0.1, 0.15) is 0 Å². The number of hydrogen-bond acceptors (Lipinski definition) is 5. The Morgan fingerprint density at radius 1 is 0.315 bits per heavy atom. The van der Waals surface area contributed by atoms with Gasteiger partial charge in [0.2, 0.25) is 5.91 Å². The van der Waals surface area contributed by atoms with E-state index in [1.807, 2.05) is 0 Å². The zero-order valence-corrected chi connectivity index (χ0v) is 60.2. The third-order valence-electron chi connectivity index (χ3n) is 18.9. The number of rotatable bonds is 76. The second-order valence-corrected chi connectivity index (χ2v) is 27.7. The number of nitrogens with one attached hydrogen (secondary N) is 1. The lowest BCUT2D eigenvalue weighted by atomic mass is 10.0. The Kier molecular flexibility index (Phi) is 76.3. The molecule has 524 valence electrons. The highest BCUT2D eigenvalue weighted by Crippen LogP contribution is 2.20. The Labute approximate surface area is 556 Å². The van der Waals surface area contributed by atoms with Gasteiger partial charge in [-0.1, -0.05) is 390 Å². The fraction of sp³-hybridized carbons (Fsp3) is 0.880. The summed E-state index contributed by atoms with van der Waals surface area (Å²) in [6.45, 7) is 4.97. The third kappa shape index (κ3) is 74.7. The molecule has 0 bridgehead atoms. The van der Waals surface area contributed by atoms with Crippen molar-refractivity contribution in [2.24, 2.45) is 0 Å². The second kappa shape index (κ2) is 78.3. The number of esters is 1. The zero-order chi connectivity index (χ0) is 64.2. The Hall–Kier alpha value is -2.18. The average Bonchev–Trinajstić information content (AvgIpc) is 3.64. The van der Waals surface area contributed by atoms with Crippen LogP contribution in [-0.4, -0.2) is 47.4 Å². The molecule has 2 unspecified atom stereocenters. The quantitative estimate of drug-likeness (QED) is 0.0320. The van der Waals surface area contributed by atoms with Gasteiger partial charge in [0.05, 0.1) is 25.4 Å². The van der Waals surface area contributed by atoms with Crippen molar-refractivity contribution in [1.29, 1.82) is 0 Å². The lowest BCUT2D eigenvalue weighted by molar-refractivity contribution is -0.143. The van der Waals surface area contributed by atoms with Crippen LogP contribution in [0.2, 0.25) is 0 Å². The number of allylic oxidation sites excluding steroid dienone is 8. The fourth-order valence-electron chi connectivity index (χ4n) is 12.7. The van der Waals surface area contributed by atoms with Crippen molar-refractivity contribution in [3.8, 4) is 0 Å². The third-order valence-corrected chi connectivity index (χ3v) is 18.9. The van der Waals surface area contributed by atoms with Gasteiger partial charge in [-0.3, -0.25) is 9.59 Å². The molecule has 0 aliphatic rings. The molecule has 0 saturated heterocycles. The zero-order valence-electron chi connectivity index (χ0n) is 60.2. The molecule has 0 aliphatic heterocycles. The van der Waals surface area contributed by atoms with Crippen molar-refractivity contribution < 1.29 is 24.5 Å². The van der Waals surface area contributed by atoms with Crippen molar-refractivity contribution in [2.45, 2.75) is 456 Å². The lowest BCUT2D eigenvalue weighted by Crippen LogP contribution is -2.45. The first-order valence-corrected chi connectivity index (χ1v) is 40.4. The summed E-state index contributed by atoms with van der Waals surface area (Å²) in [7, 11) is 0. The standard InChI is InChI=1S/C83H157NO5/c1-3-5-7-9-11-13-15-17-19-21-22-23-24-34-37-40-44-47-51-55-59-63-67-71-75-81(86)80(79-85)84-82(87)76-72-68-64-60-56-52-48-45-41-38-35-32-30-28-26-25-27-29-31-33-36-39-42-46-50-54-58-62-66-70-74-78-89-83(88)77-73-69-65-61-57-53-49-43-20-18-16-14-12-10-8-6-4-2/h12,14,18,20,27,29,33,36,80-81,85-86H,3-11,13,15-17,19,21-26,28,30-32,34-35,37-79H2,1-2H3,(H,84,87)/b14-12-,20-18-,29-27-,36-33-. The van der Waals surface area contributed by atoms with Crippen molar-refractivity contribution in [1.82, 2.24) is 5.32 Å². The molecule has 1 amide bonds. The van der Waals surface area contributed by atoms with E-state index in [1.54, 1.807) is 0 Å². The number of ether oxygens (including phenoxy) is 1. The number of carbonyl (C=O) groups excluding carboxylic acids is 2. The molecule has 2 atom stereocenters. The Morgan fingerprint density at radius 3 is 0.876 bits per heavy atom. The van der Waals surface area contributed by atoms with Crippen LogP contribution < -0.4 is 5.32 Å². The van der Waals surface area contributed by atoms with Gasteiger partial charge in [0, 0.05) is 12.8 Å². The molecule has 0 heterocycles. The summed E-state index contributed by atoms with van der Waals surface area (Å²) in [4.78, 5) is 24.7. The van der Waals surface area contributed by atoms with Crippen LogP contribution in [0, 0.1) is 0 Å². The van der Waals surface area contributed by atoms with E-state index >= 15 is 0 Å². The normalized spacial score (nSPS) is 12.7. The van der Waals surface area contributed by atoms with E-state index < -0.39 is 12.1 Å². The molecular formula is C83H157NO5. The summed E-state index contributed by atoms with van der Waals surface area (Å²) in [6.07, 6.45) is 103. The van der Waals surface area contributed by atoms with Crippen molar-refractivity contribution >= 4 is 11.9 Å². The molecule has 3 N–H and O–H groups in total. The van der Waals surface area contributed by atoms with Crippen LogP contribution >= 0.6 is 0 Å². The van der Waals surface area contributed by atoms with E-state index in [2.05, 4.69) is 67.8 Å². The van der Waals surface area contributed by atoms with Gasteiger partial charge in [0.15, 0.2) is 0 Å². The Bertz CT molecular complexity index is 1490. The minimum absolute atomic E-state index is 0.00601. The Balaban J connectivity index is 3.39. The van der Waals surface area contributed by atoms with Gasteiger partial charge in [-0.25, -0.2) is 0 Å². The first-order valence-electron chi connectivity index (χ1n) is 40.4. The fourth-order valence-corrected chi connectivity index (χ4v) is 12.7. The summed E-state index contributed by atoms with van der Waals surface area (Å²) < 4.78 is 5.50. The van der Waals surface area contributed by atoms with E-state index in [4.69, 9.17) is 4.74 Å². The van der Waals surface area contributed by atoms with Crippen LogP contribution in [0.25, 0.3) is 0 Å². The molecule has 6 nitrogen and oxygen atoms in total. The molecule has 0 spiro atoms. The molecule has 0 aromatic carbocycles. The molecule has 89 heavy (non-hydrogen) atoms. The number of hydrogen-bond donors (Lipinski definition) is 3. The molecule has 0 rings (SSSR count). The minimum Gasteiger partial charge on any atom is -0.466 e. The van der Waals surface area contributed by atoms with Crippen LogP contribution in [0.1, 0.15) is 444 Å². The lowest BCUT2D eigenvalue weighted by Gasteiger charge is -2.22. The second-order valence-electron chi connectivity index (χ2n) is 27.7. The number of carbonyl (C=O) groups is 2. The van der Waals surface area contributed by atoms with E-state index in [9.17, 15) is 19.8 Å². The number of aliphatic hydroxyl groups is 2. The van der Waals surface area contributed by atoms with Gasteiger partial charge in [-0.05, 0) is 89.9 Å². The Morgan fingerprint density at radius 2 is 0.562 bits per heavy atom. The van der Waals surface area contributed by atoms with Crippen LogP contribution in [-0.2, 0) is 14.3 Å². The van der Waals surface area contributed by atoms with Gasteiger partial charge < -0.3 is 20.3 Å². The number of unbranched alkanes of at least 4 members (excludes halogenated alkanes) is 57. The molecular weight excluding hydrogens is 1090 g/mol. The first-order chi connectivity index (χ1) is 44.0. The largest absolute Gasteiger partial charge is 0.466 e. The predicted octanol–water partition coefficient (Wildman–Crippen LogP) is 26.8. The van der Waals surface area contributed by atoms with E-state index in [-0.39, 0.29) is 18.5 Å². The van der Waals surface area contributed by atoms with E-state index in [1.165, 1.54) is 353 Å². The van der Waals surface area contributed by atoms with E-state index in [0.29, 0.717) is 25.9 Å². The maximum Gasteiger partial charge on any atom is 0.305 e. The summed E-state index contributed by atoms with van der Waals surface area (Å²) >= 11 is 0. The highest BCUT2D eigenvalue weighted by Gasteiger charge is 2.20. The van der Waals surface area contributed by atoms with Gasteiger partial charge in [0.25, 0.3) is 0 Å². The molecule has 6 heteroatoms. The monoisotopic (exact) mass is 1250 g/mol. The number of aliphatic hydroxyl groups excluding tert-OH is 2. The molecule has 0 aromatic heterocycles. The number of amides is 1. The summed E-state index contributed by atoms with van der Waals surface area (Å²) in [5.41, 5.74) is 0. The van der Waals surface area contributed by atoms with Gasteiger partial charge in [-0.15, -0.1) is 0 Å². The molecule has 0 aromatic rings. The summed E-state index contributed by atoms with van der Waals surface area (Å²) in [5.74, 6) is -0.0233. The van der Waals surface area contributed by atoms with Crippen molar-refractivity contribution in [2.75, 3.05) is 13.2 Å². The molecule has 0 fully saturated rings. The summed E-state index contributed by atoms with van der Waals surface area (Å²) in [5, 5.41) is 23.5. The van der Waals surface area contributed by atoms with Crippen LogP contribution in [0.15, 0.2) is 48.6 Å². The average molecular weight is 1250 g/mol. The maximum absolute atomic E-state index is 12.6. The molecule has 0 radical (unpaired) electrons. The molecule has 0 saturated carbocycles. The van der Waals surface area contributed by atoms with Gasteiger partial charge >= 0.3 is 5.97 Å². The van der Waals surface area contributed by atoms with Gasteiger partial charge in [-0.2, -0.15) is 0 Å². The van der Waals surface area contributed by atoms with Crippen LogP contribution in [0.3, 0.4) is 0 Å². The maximum atomic E-state index is 12.6. The first kappa shape index (κ1) is 86.8. The van der Waals surface area contributed by atoms with Crippen molar-refractivity contribution in [3.05, 3.63) is 48.6 Å².